The highest BCUT2D eigenvalue weighted by Crippen LogP contribution is 2.75. The summed E-state index contributed by atoms with van der Waals surface area (Å²) in [6.45, 7) is 25.8. The number of carbonyl (C=O) groups is 2. The lowest BCUT2D eigenvalue weighted by Crippen LogP contribution is -2.70. The molecule has 292 valence electrons. The monoisotopic (exact) mass is 724 g/mol. The Morgan fingerprint density at radius 2 is 1.77 bits per heavy atom. The van der Waals surface area contributed by atoms with E-state index in [1.54, 1.807) is 0 Å². The molecular weight excluding hydrogens is 654 g/mol. The van der Waals surface area contributed by atoms with Crippen molar-refractivity contribution in [3.8, 4) is 0 Å². The molecule has 0 aromatic carbocycles. The minimum Gasteiger partial charge on any atom is -0.481 e. The van der Waals surface area contributed by atoms with Gasteiger partial charge in [0.05, 0.1) is 37.9 Å². The van der Waals surface area contributed by atoms with E-state index in [1.165, 1.54) is 11.9 Å². The maximum Gasteiger partial charge on any atom is 0.307 e. The molecule has 1 saturated heterocycles. The fourth-order valence-electron chi connectivity index (χ4n) is 12.8. The Hall–Kier alpha value is -2.30. The molecule has 11 atom stereocenters. The molecule has 0 radical (unpaired) electrons. The first-order chi connectivity index (χ1) is 24.3. The Morgan fingerprint density at radius 3 is 2.38 bits per heavy atom. The van der Waals surface area contributed by atoms with Crippen LogP contribution in [0.5, 0.6) is 0 Å². The van der Waals surface area contributed by atoms with E-state index in [-0.39, 0.29) is 52.2 Å². The van der Waals surface area contributed by atoms with E-state index in [4.69, 9.17) is 20.3 Å². The highest BCUT2D eigenvalue weighted by atomic mass is 16.5. The zero-order chi connectivity index (χ0) is 38.2. The second-order valence-corrected chi connectivity index (χ2v) is 19.6. The van der Waals surface area contributed by atoms with Crippen molar-refractivity contribution >= 4 is 11.9 Å². The van der Waals surface area contributed by atoms with Crippen molar-refractivity contribution in [1.29, 1.82) is 0 Å². The second-order valence-electron chi connectivity index (χ2n) is 19.6. The maximum atomic E-state index is 13.6. The zero-order valence-corrected chi connectivity index (χ0v) is 34.1. The average Bonchev–Trinajstić information content (AvgIpc) is 3.57. The standard InChI is InChI=1S/C42H69N5O5/c1-12-41(43,13-2)22-52-33-30(47-34(44-24-45-47)35(48)46-26(5)6)20-37(8)21-51-23-42(33)29-16-17-40(11)32(36(49)50)38(9,27(7)25(3)4)18-19-39(40,10)28(29)14-15-31(37)42/h16,24-28,30-33H,12-15,17-23,43H2,1-11H3,(H,46,48)(H,49,50)/t27-,28+,30-,31-,32-,33+,37-,38-,39-,40+,42+/m1/s1. The minimum absolute atomic E-state index is 0.0478. The molecule has 10 heteroatoms. The summed E-state index contributed by atoms with van der Waals surface area (Å²) in [7, 11) is 0. The largest absolute Gasteiger partial charge is 0.481 e. The van der Waals surface area contributed by atoms with Gasteiger partial charge in [0, 0.05) is 17.0 Å². The molecule has 1 aliphatic heterocycles. The average molecular weight is 724 g/mol. The molecule has 4 aliphatic carbocycles. The van der Waals surface area contributed by atoms with Crippen LogP contribution >= 0.6 is 0 Å². The van der Waals surface area contributed by atoms with Crippen LogP contribution in [0.25, 0.3) is 0 Å². The van der Waals surface area contributed by atoms with Gasteiger partial charge in [-0.3, -0.25) is 9.59 Å². The quantitative estimate of drug-likeness (QED) is 0.200. The van der Waals surface area contributed by atoms with Gasteiger partial charge < -0.3 is 25.6 Å². The number of aliphatic carboxylic acids is 1. The fraction of sp³-hybridized carbons (Fsp3) is 0.857. The lowest BCUT2D eigenvalue weighted by Gasteiger charge is -2.71. The van der Waals surface area contributed by atoms with Crippen molar-refractivity contribution < 1.29 is 24.2 Å². The normalized spacial score (nSPS) is 40.7. The van der Waals surface area contributed by atoms with Gasteiger partial charge in [0.2, 0.25) is 5.82 Å². The van der Waals surface area contributed by atoms with Crippen LogP contribution in [-0.2, 0) is 14.3 Å². The van der Waals surface area contributed by atoms with Crippen molar-refractivity contribution in [3.05, 3.63) is 23.8 Å². The lowest BCUT2D eigenvalue weighted by molar-refractivity contribution is -0.254. The van der Waals surface area contributed by atoms with Crippen molar-refractivity contribution in [1.82, 2.24) is 20.1 Å². The topological polar surface area (TPSA) is 142 Å². The van der Waals surface area contributed by atoms with Gasteiger partial charge in [-0.25, -0.2) is 9.67 Å². The number of nitrogens with zero attached hydrogens (tertiary/aromatic N) is 3. The van der Waals surface area contributed by atoms with Crippen LogP contribution in [0.2, 0.25) is 0 Å². The maximum absolute atomic E-state index is 13.6. The lowest BCUT2D eigenvalue weighted by atomic mass is 9.34. The summed E-state index contributed by atoms with van der Waals surface area (Å²) in [6.07, 6.45) is 10.5. The van der Waals surface area contributed by atoms with Crippen LogP contribution in [-0.4, -0.2) is 69.3 Å². The molecule has 1 aromatic heterocycles. The number of rotatable bonds is 11. The second kappa shape index (κ2) is 13.5. The molecule has 3 saturated carbocycles. The first kappa shape index (κ1) is 39.4. The predicted molar refractivity (Wildman–Crippen MR) is 202 cm³/mol. The number of ether oxygens (including phenoxy) is 2. The van der Waals surface area contributed by atoms with E-state index in [0.29, 0.717) is 43.9 Å². The predicted octanol–water partition coefficient (Wildman–Crippen LogP) is 7.45. The van der Waals surface area contributed by atoms with Crippen LogP contribution in [0, 0.1) is 56.7 Å². The van der Waals surface area contributed by atoms with Gasteiger partial charge in [0.1, 0.15) is 6.33 Å². The van der Waals surface area contributed by atoms with Gasteiger partial charge in [-0.05, 0) is 111 Å². The third kappa shape index (κ3) is 5.65. The Labute approximate surface area is 312 Å². The number of carbonyl (C=O) groups excluding carboxylic acids is 1. The smallest absolute Gasteiger partial charge is 0.307 e. The van der Waals surface area contributed by atoms with Gasteiger partial charge in [0.25, 0.3) is 5.91 Å². The Kier molecular flexibility index (Phi) is 10.2. The first-order valence-electron chi connectivity index (χ1n) is 20.4. The van der Waals surface area contributed by atoms with Gasteiger partial charge in [-0.2, -0.15) is 5.10 Å². The molecule has 4 N–H and O–H groups in total. The molecule has 2 bridgehead atoms. The molecule has 5 aliphatic rings. The zero-order valence-electron chi connectivity index (χ0n) is 34.1. The summed E-state index contributed by atoms with van der Waals surface area (Å²) < 4.78 is 15.9. The molecular formula is C42H69N5O5. The molecule has 2 heterocycles. The molecule has 1 amide bonds. The van der Waals surface area contributed by atoms with Crippen LogP contribution in [0.1, 0.15) is 144 Å². The number of nitrogens with two attached hydrogens (primary N) is 1. The molecule has 0 spiro atoms. The fourth-order valence-corrected chi connectivity index (χ4v) is 12.8. The number of hydrogen-bond donors (Lipinski definition) is 3. The Morgan fingerprint density at radius 1 is 1.08 bits per heavy atom. The number of carboxylic acids is 1. The number of hydrogen-bond acceptors (Lipinski definition) is 7. The van der Waals surface area contributed by atoms with Gasteiger partial charge in [-0.15, -0.1) is 0 Å². The first-order valence-corrected chi connectivity index (χ1v) is 20.4. The van der Waals surface area contributed by atoms with Crippen molar-refractivity contribution in [2.45, 2.75) is 151 Å². The van der Waals surface area contributed by atoms with Crippen molar-refractivity contribution in [2.75, 3.05) is 19.8 Å². The third-order valence-corrected chi connectivity index (χ3v) is 16.5. The van der Waals surface area contributed by atoms with E-state index in [2.05, 4.69) is 78.7 Å². The van der Waals surface area contributed by atoms with E-state index in [9.17, 15) is 14.7 Å². The van der Waals surface area contributed by atoms with Crippen molar-refractivity contribution in [2.24, 2.45) is 62.4 Å². The Bertz CT molecular complexity index is 1550. The highest BCUT2D eigenvalue weighted by molar-refractivity contribution is 5.90. The van der Waals surface area contributed by atoms with Crippen molar-refractivity contribution in [3.63, 3.8) is 0 Å². The van der Waals surface area contributed by atoms with Gasteiger partial charge in [0.15, 0.2) is 0 Å². The molecule has 4 fully saturated rings. The summed E-state index contributed by atoms with van der Waals surface area (Å²) in [5.74, 6) is 0.0785. The number of allylic oxidation sites excluding steroid dienone is 1. The molecule has 52 heavy (non-hydrogen) atoms. The number of fused-ring (bicyclic) bond motifs is 3. The highest BCUT2D eigenvalue weighted by Gasteiger charge is 2.73. The minimum atomic E-state index is -0.656. The number of aromatic nitrogens is 3. The van der Waals surface area contributed by atoms with Crippen LogP contribution < -0.4 is 11.1 Å². The molecule has 6 rings (SSSR count). The summed E-state index contributed by atoms with van der Waals surface area (Å²) in [4.78, 5) is 31.7. The van der Waals surface area contributed by atoms with Gasteiger partial charge >= 0.3 is 5.97 Å². The summed E-state index contributed by atoms with van der Waals surface area (Å²) in [5.41, 5.74) is 6.21. The molecule has 1 aromatic rings. The SMILES string of the molecule is CCC(N)(CC)CO[C@H]1[C@H](n2ncnc2C(=O)NC(C)C)C[C@]2(C)COC[C@@]13C1=CC[C@@]4(C)[C@H](C(=O)O)[C@@](C)([C@H](C)C(C)C)CC[C@]4(C)[C@H]1CC[C@H]23. The van der Waals surface area contributed by atoms with E-state index < -0.39 is 28.3 Å². The molecule has 0 unspecified atom stereocenters. The summed E-state index contributed by atoms with van der Waals surface area (Å²) in [6, 6.07) is -0.319. The van der Waals surface area contributed by atoms with Gasteiger partial charge in [-0.1, -0.05) is 74.0 Å². The van der Waals surface area contributed by atoms with E-state index in [0.717, 1.165) is 44.9 Å². The molecule has 10 nitrogen and oxygen atoms in total. The van der Waals surface area contributed by atoms with E-state index in [1.807, 2.05) is 18.5 Å². The van der Waals surface area contributed by atoms with Crippen LogP contribution in [0.4, 0.5) is 0 Å². The van der Waals surface area contributed by atoms with Crippen LogP contribution in [0.3, 0.4) is 0 Å². The summed E-state index contributed by atoms with van der Waals surface area (Å²) in [5, 5.41) is 19.0. The third-order valence-electron chi connectivity index (χ3n) is 16.5. The number of amides is 1. The number of carboxylic acid groups (broad SMARTS) is 1. The Balaban J connectivity index is 1.53. The number of nitrogens with one attached hydrogen (secondary N) is 1. The summed E-state index contributed by atoms with van der Waals surface area (Å²) >= 11 is 0. The van der Waals surface area contributed by atoms with E-state index >= 15 is 0 Å². The van der Waals surface area contributed by atoms with Crippen LogP contribution in [0.15, 0.2) is 18.0 Å².